The lowest BCUT2D eigenvalue weighted by atomic mass is 9.90. The summed E-state index contributed by atoms with van der Waals surface area (Å²) in [5, 5.41) is 0.740. The van der Waals surface area contributed by atoms with E-state index in [1.807, 2.05) is 0 Å². The number of methoxy groups -OCH3 is 1. The molecule has 0 aromatic heterocycles. The summed E-state index contributed by atoms with van der Waals surface area (Å²) in [4.78, 5) is 1.32. The second-order valence-corrected chi connectivity index (χ2v) is 5.27. The average molecular weight is 314 g/mol. The Balaban J connectivity index is 2.11. The molecule has 0 N–H and O–H groups in total. The number of hydrogen-bond acceptors (Lipinski definition) is 2. The van der Waals surface area contributed by atoms with Crippen LogP contribution in [0.5, 0.6) is 5.75 Å². The molecular formula is C12H12Cl2F3NO. The molecule has 2 nitrogen and oxygen atoms in total. The van der Waals surface area contributed by atoms with Crippen molar-refractivity contribution < 1.29 is 17.9 Å². The Kier molecular flexibility index (Phi) is 4.18. The molecule has 1 heterocycles. The molecule has 7 heteroatoms. The fraction of sp³-hybridized carbons (Fsp3) is 0.500. The molecule has 1 saturated heterocycles. The lowest BCUT2D eigenvalue weighted by molar-refractivity contribution is -0.154. The molecule has 1 aliphatic heterocycles. The van der Waals surface area contributed by atoms with Crippen LogP contribution < -0.4 is 4.74 Å². The molecule has 0 spiro atoms. The highest BCUT2D eigenvalue weighted by atomic mass is 35.5. The van der Waals surface area contributed by atoms with E-state index in [2.05, 4.69) is 0 Å². The molecule has 1 fully saturated rings. The van der Waals surface area contributed by atoms with Gasteiger partial charge in [-0.1, -0.05) is 23.2 Å². The zero-order chi connectivity index (χ0) is 14.2. The van der Waals surface area contributed by atoms with Crippen LogP contribution in [0.3, 0.4) is 0 Å². The van der Waals surface area contributed by atoms with Gasteiger partial charge in [0, 0.05) is 24.6 Å². The fourth-order valence-corrected chi connectivity index (χ4v) is 2.72. The monoisotopic (exact) mass is 313 g/mol. The maximum Gasteiger partial charge on any atom is 0.401 e. The molecule has 2 rings (SSSR count). The zero-order valence-corrected chi connectivity index (χ0v) is 11.6. The third-order valence-electron chi connectivity index (χ3n) is 3.08. The number of nitrogens with zero attached hydrogens (tertiary/aromatic N) is 1. The Hall–Kier alpha value is -0.650. The maximum absolute atomic E-state index is 12.2. The van der Waals surface area contributed by atoms with Crippen LogP contribution in [0.15, 0.2) is 12.1 Å². The largest absolute Gasteiger partial charge is 0.496 e. The molecule has 1 aliphatic rings. The van der Waals surface area contributed by atoms with Gasteiger partial charge in [-0.15, -0.1) is 0 Å². The SMILES string of the molecule is COc1ccc(Cl)c(Cl)c1C1CN(CC(F)(F)F)C1. The van der Waals surface area contributed by atoms with E-state index in [4.69, 9.17) is 27.9 Å². The number of ether oxygens (including phenoxy) is 1. The lowest BCUT2D eigenvalue weighted by Gasteiger charge is -2.40. The summed E-state index contributed by atoms with van der Waals surface area (Å²) in [6.45, 7) is -0.296. The number of hydrogen-bond donors (Lipinski definition) is 0. The van der Waals surface area contributed by atoms with Gasteiger partial charge in [0.1, 0.15) is 5.75 Å². The van der Waals surface area contributed by atoms with Crippen LogP contribution in [0.4, 0.5) is 13.2 Å². The highest BCUT2D eigenvalue weighted by Gasteiger charge is 2.39. The summed E-state index contributed by atoms with van der Waals surface area (Å²) >= 11 is 12.0. The van der Waals surface area contributed by atoms with Crippen LogP contribution in [0.1, 0.15) is 11.5 Å². The Labute approximate surface area is 119 Å². The van der Waals surface area contributed by atoms with Crippen LogP contribution in [0, 0.1) is 0 Å². The molecular weight excluding hydrogens is 302 g/mol. The molecule has 1 aromatic rings. The number of benzene rings is 1. The third-order valence-corrected chi connectivity index (χ3v) is 3.90. The highest BCUT2D eigenvalue weighted by molar-refractivity contribution is 6.42. The normalized spacial score (nSPS) is 17.4. The van der Waals surface area contributed by atoms with Crippen molar-refractivity contribution in [2.75, 3.05) is 26.7 Å². The standard InChI is InChI=1S/C12H12Cl2F3NO/c1-19-9-3-2-8(13)11(14)10(9)7-4-18(5-7)6-12(15,16)17/h2-3,7H,4-6H2,1H3. The van der Waals surface area contributed by atoms with Crippen molar-refractivity contribution in [2.45, 2.75) is 12.1 Å². The van der Waals surface area contributed by atoms with Gasteiger partial charge in [-0.25, -0.2) is 0 Å². The van der Waals surface area contributed by atoms with Crippen LogP contribution >= 0.6 is 23.2 Å². The minimum absolute atomic E-state index is 0.0801. The van der Waals surface area contributed by atoms with Crippen LogP contribution in [0.25, 0.3) is 0 Å². The van der Waals surface area contributed by atoms with Crippen molar-refractivity contribution in [3.8, 4) is 5.75 Å². The molecule has 19 heavy (non-hydrogen) atoms. The molecule has 0 saturated carbocycles. The minimum Gasteiger partial charge on any atom is -0.496 e. The molecule has 0 aliphatic carbocycles. The van der Waals surface area contributed by atoms with E-state index >= 15 is 0 Å². The van der Waals surface area contributed by atoms with E-state index in [-0.39, 0.29) is 5.92 Å². The Morgan fingerprint density at radius 3 is 2.47 bits per heavy atom. The van der Waals surface area contributed by atoms with Gasteiger partial charge in [-0.2, -0.15) is 13.2 Å². The first-order valence-electron chi connectivity index (χ1n) is 5.63. The van der Waals surface area contributed by atoms with Crippen LogP contribution in [-0.2, 0) is 0 Å². The molecule has 1 aromatic carbocycles. The van der Waals surface area contributed by atoms with Crippen molar-refractivity contribution >= 4 is 23.2 Å². The molecule has 0 unspecified atom stereocenters. The average Bonchev–Trinajstić information content (AvgIpc) is 2.26. The van der Waals surface area contributed by atoms with E-state index in [1.165, 1.54) is 12.0 Å². The number of halogens is 5. The highest BCUT2D eigenvalue weighted by Crippen LogP contribution is 2.42. The number of alkyl halides is 3. The summed E-state index contributed by atoms with van der Waals surface area (Å²) in [6.07, 6.45) is -4.17. The first-order chi connectivity index (χ1) is 8.81. The predicted molar refractivity (Wildman–Crippen MR) is 68.3 cm³/mol. The fourth-order valence-electron chi connectivity index (χ4n) is 2.24. The van der Waals surface area contributed by atoms with Gasteiger partial charge in [-0.3, -0.25) is 4.90 Å². The molecule has 0 bridgehead atoms. The first-order valence-corrected chi connectivity index (χ1v) is 6.38. The summed E-state index contributed by atoms with van der Waals surface area (Å²) < 4.78 is 41.9. The van der Waals surface area contributed by atoms with E-state index in [0.717, 1.165) is 0 Å². The van der Waals surface area contributed by atoms with Gasteiger partial charge < -0.3 is 4.74 Å². The second-order valence-electron chi connectivity index (χ2n) is 4.48. The van der Waals surface area contributed by atoms with E-state index in [9.17, 15) is 13.2 Å². The molecule has 0 radical (unpaired) electrons. The molecule has 0 amide bonds. The topological polar surface area (TPSA) is 12.5 Å². The second kappa shape index (κ2) is 5.38. The van der Waals surface area contributed by atoms with Crippen molar-refractivity contribution in [3.63, 3.8) is 0 Å². The molecule has 0 atom stereocenters. The smallest absolute Gasteiger partial charge is 0.401 e. The zero-order valence-electron chi connectivity index (χ0n) is 10.1. The summed E-state index contributed by atoms with van der Waals surface area (Å²) in [6, 6.07) is 3.29. The third kappa shape index (κ3) is 3.27. The van der Waals surface area contributed by atoms with Gasteiger partial charge in [0.15, 0.2) is 0 Å². The van der Waals surface area contributed by atoms with Gasteiger partial charge in [0.25, 0.3) is 0 Å². The number of likely N-dealkylation sites (tertiary alicyclic amines) is 1. The number of rotatable bonds is 3. The van der Waals surface area contributed by atoms with Crippen molar-refractivity contribution in [1.29, 1.82) is 0 Å². The van der Waals surface area contributed by atoms with Gasteiger partial charge in [-0.05, 0) is 12.1 Å². The Bertz CT molecular complexity index is 473. The van der Waals surface area contributed by atoms with Crippen molar-refractivity contribution in [1.82, 2.24) is 4.90 Å². The van der Waals surface area contributed by atoms with E-state index in [1.54, 1.807) is 12.1 Å². The quantitative estimate of drug-likeness (QED) is 0.837. The summed E-state index contributed by atoms with van der Waals surface area (Å²) in [7, 11) is 1.50. The van der Waals surface area contributed by atoms with Crippen molar-refractivity contribution in [2.24, 2.45) is 0 Å². The van der Waals surface area contributed by atoms with Crippen LogP contribution in [-0.4, -0.2) is 37.8 Å². The lowest BCUT2D eigenvalue weighted by Crippen LogP contribution is -2.49. The Morgan fingerprint density at radius 2 is 1.95 bits per heavy atom. The van der Waals surface area contributed by atoms with E-state index in [0.29, 0.717) is 34.4 Å². The maximum atomic E-state index is 12.2. The van der Waals surface area contributed by atoms with Crippen LogP contribution in [0.2, 0.25) is 10.0 Å². The van der Waals surface area contributed by atoms with Gasteiger partial charge in [0.2, 0.25) is 0 Å². The first kappa shape index (κ1) is 14.8. The summed E-state index contributed by atoms with van der Waals surface area (Å²) in [5.41, 5.74) is 0.690. The minimum atomic E-state index is -4.17. The van der Waals surface area contributed by atoms with Gasteiger partial charge >= 0.3 is 6.18 Å². The van der Waals surface area contributed by atoms with Crippen molar-refractivity contribution in [3.05, 3.63) is 27.7 Å². The Morgan fingerprint density at radius 1 is 1.32 bits per heavy atom. The molecule has 106 valence electrons. The van der Waals surface area contributed by atoms with E-state index < -0.39 is 12.7 Å². The predicted octanol–water partition coefficient (Wildman–Crippen LogP) is 3.96. The van der Waals surface area contributed by atoms with Gasteiger partial charge in [0.05, 0.1) is 23.7 Å². The summed E-state index contributed by atoms with van der Waals surface area (Å²) in [5.74, 6) is 0.481.